The van der Waals surface area contributed by atoms with Crippen molar-refractivity contribution in [1.29, 1.82) is 0 Å². The molecule has 2 aliphatic rings. The number of H-pyrrole nitrogens is 1. The third-order valence-corrected chi connectivity index (χ3v) is 7.47. The van der Waals surface area contributed by atoms with Gasteiger partial charge >= 0.3 is 0 Å². The van der Waals surface area contributed by atoms with Crippen LogP contribution in [-0.4, -0.2) is 46.7 Å². The van der Waals surface area contributed by atoms with Crippen molar-refractivity contribution in [2.24, 2.45) is 0 Å². The summed E-state index contributed by atoms with van der Waals surface area (Å²) in [5.74, 6) is -0.796. The zero-order valence-electron chi connectivity index (χ0n) is 21.3. The molecule has 3 amide bonds. The molecule has 1 radical (unpaired) electrons. The van der Waals surface area contributed by atoms with Crippen molar-refractivity contribution in [2.75, 3.05) is 23.3 Å². The Kier molecular flexibility index (Phi) is 6.60. The molecule has 6 rings (SSSR count). The standard InChI is InChI=1S/C31H28FN4O3/c32-29-24-19-22(33-31(39)26-8-4-17-36(26)28(38)18-20-6-2-1-3-7-20)12-15-25(24)34-30(29)21-10-13-23(14-11-21)35-16-5-9-27(35)37/h1-3,6-7,10-15,18-19,26,34H,4-5,8-9,16-17H2,(H,33,39)/t26-/m0/s1. The number of aromatic nitrogens is 1. The van der Waals surface area contributed by atoms with Crippen LogP contribution in [0, 0.1) is 12.2 Å². The maximum atomic E-state index is 15.5. The number of halogens is 1. The summed E-state index contributed by atoms with van der Waals surface area (Å²) in [6, 6.07) is 21.0. The third-order valence-electron chi connectivity index (χ3n) is 7.47. The maximum absolute atomic E-state index is 15.5. The number of aromatic amines is 1. The molecule has 2 saturated heterocycles. The second-order valence-electron chi connectivity index (χ2n) is 10.0. The molecule has 2 fully saturated rings. The van der Waals surface area contributed by atoms with Gasteiger partial charge in [0.2, 0.25) is 17.7 Å². The fraction of sp³-hybridized carbons (Fsp3) is 0.226. The molecule has 2 aliphatic heterocycles. The lowest BCUT2D eigenvalue weighted by Gasteiger charge is -2.24. The number of hydrogen-bond acceptors (Lipinski definition) is 3. The molecule has 0 aliphatic carbocycles. The summed E-state index contributed by atoms with van der Waals surface area (Å²) in [7, 11) is 0. The van der Waals surface area contributed by atoms with Gasteiger partial charge in [-0.05, 0) is 55.2 Å². The molecule has 1 atom stereocenters. The van der Waals surface area contributed by atoms with Crippen LogP contribution in [0.2, 0.25) is 0 Å². The second-order valence-corrected chi connectivity index (χ2v) is 10.0. The molecule has 4 aromatic rings. The number of anilines is 2. The van der Waals surface area contributed by atoms with Crippen molar-refractivity contribution in [1.82, 2.24) is 9.88 Å². The number of amides is 3. The Morgan fingerprint density at radius 3 is 2.51 bits per heavy atom. The second kappa shape index (κ2) is 10.4. The van der Waals surface area contributed by atoms with Gasteiger partial charge in [0.25, 0.3) is 0 Å². The van der Waals surface area contributed by atoms with Gasteiger partial charge in [-0.3, -0.25) is 14.4 Å². The zero-order valence-corrected chi connectivity index (χ0v) is 21.3. The van der Waals surface area contributed by atoms with Crippen molar-refractivity contribution in [3.63, 3.8) is 0 Å². The van der Waals surface area contributed by atoms with E-state index in [1.54, 1.807) is 46.6 Å². The van der Waals surface area contributed by atoms with Crippen molar-refractivity contribution < 1.29 is 18.8 Å². The molecule has 39 heavy (non-hydrogen) atoms. The van der Waals surface area contributed by atoms with Crippen LogP contribution in [0.5, 0.6) is 0 Å². The Hall–Kier alpha value is -4.46. The van der Waals surface area contributed by atoms with Gasteiger partial charge in [0.15, 0.2) is 5.82 Å². The molecular formula is C31H28FN4O3. The minimum atomic E-state index is -0.583. The van der Waals surface area contributed by atoms with Gasteiger partial charge in [-0.15, -0.1) is 0 Å². The highest BCUT2D eigenvalue weighted by atomic mass is 19.1. The Labute approximate surface area is 225 Å². The summed E-state index contributed by atoms with van der Waals surface area (Å²) in [5, 5.41) is 3.24. The number of carbonyl (C=O) groups is 3. The van der Waals surface area contributed by atoms with Gasteiger partial charge in [-0.1, -0.05) is 42.5 Å². The summed E-state index contributed by atoms with van der Waals surface area (Å²) in [6.45, 7) is 1.21. The number of nitrogens with zero attached hydrogens (tertiary/aromatic N) is 2. The van der Waals surface area contributed by atoms with Crippen LogP contribution < -0.4 is 10.2 Å². The Morgan fingerprint density at radius 2 is 1.77 bits per heavy atom. The van der Waals surface area contributed by atoms with E-state index in [9.17, 15) is 14.4 Å². The fourth-order valence-electron chi connectivity index (χ4n) is 5.47. The summed E-state index contributed by atoms with van der Waals surface area (Å²) in [4.78, 5) is 44.5. The number of likely N-dealkylation sites (tertiary alicyclic amines) is 1. The molecule has 3 aromatic carbocycles. The summed E-state index contributed by atoms with van der Waals surface area (Å²) in [6.07, 6.45) is 4.26. The van der Waals surface area contributed by atoms with E-state index in [1.165, 1.54) is 0 Å². The lowest BCUT2D eigenvalue weighted by molar-refractivity contribution is -0.133. The van der Waals surface area contributed by atoms with Crippen LogP contribution in [0.1, 0.15) is 31.2 Å². The number of carbonyl (C=O) groups excluding carboxylic acids is 3. The van der Waals surface area contributed by atoms with Crippen LogP contribution in [0.4, 0.5) is 15.8 Å². The predicted molar refractivity (Wildman–Crippen MR) is 148 cm³/mol. The van der Waals surface area contributed by atoms with Crippen molar-refractivity contribution >= 4 is 40.0 Å². The highest BCUT2D eigenvalue weighted by Crippen LogP contribution is 2.32. The van der Waals surface area contributed by atoms with E-state index in [0.717, 1.165) is 24.1 Å². The molecule has 7 nitrogen and oxygen atoms in total. The SMILES string of the molecule is O=C(Nc1ccc2[nH]c(-c3ccc(N4CCCC4=O)cc3)c(F)c2c1)[C@@H]1CCCN1C(=O)[CH]c1ccccc1. The highest BCUT2D eigenvalue weighted by Gasteiger charge is 2.34. The van der Waals surface area contributed by atoms with Crippen LogP contribution in [0.25, 0.3) is 22.2 Å². The van der Waals surface area contributed by atoms with Gasteiger partial charge in [0.1, 0.15) is 6.04 Å². The van der Waals surface area contributed by atoms with E-state index in [4.69, 9.17) is 0 Å². The van der Waals surface area contributed by atoms with Gasteiger partial charge in [0, 0.05) is 47.4 Å². The monoisotopic (exact) mass is 523 g/mol. The zero-order chi connectivity index (χ0) is 26.9. The minimum Gasteiger partial charge on any atom is -0.352 e. The Balaban J connectivity index is 1.17. The molecule has 1 aromatic heterocycles. The molecular weight excluding hydrogens is 495 g/mol. The molecule has 2 N–H and O–H groups in total. The van der Waals surface area contributed by atoms with Crippen molar-refractivity contribution in [3.05, 3.63) is 90.6 Å². The first kappa shape index (κ1) is 24.9. The number of benzene rings is 3. The first-order valence-corrected chi connectivity index (χ1v) is 13.2. The van der Waals surface area contributed by atoms with E-state index in [1.807, 2.05) is 42.5 Å². The van der Waals surface area contributed by atoms with Crippen LogP contribution in [0.3, 0.4) is 0 Å². The average Bonchev–Trinajstić information content (AvgIpc) is 3.69. The molecule has 8 heteroatoms. The van der Waals surface area contributed by atoms with Crippen molar-refractivity contribution in [2.45, 2.75) is 31.7 Å². The lowest BCUT2D eigenvalue weighted by atomic mass is 10.1. The van der Waals surface area contributed by atoms with Crippen LogP contribution in [-0.2, 0) is 14.4 Å². The molecule has 197 valence electrons. The number of fused-ring (bicyclic) bond motifs is 1. The number of rotatable bonds is 6. The lowest BCUT2D eigenvalue weighted by Crippen LogP contribution is -2.43. The maximum Gasteiger partial charge on any atom is 0.247 e. The van der Waals surface area contributed by atoms with E-state index in [0.29, 0.717) is 53.8 Å². The third kappa shape index (κ3) is 4.90. The Bertz CT molecular complexity index is 1550. The quantitative estimate of drug-likeness (QED) is 0.361. The normalized spacial score (nSPS) is 17.3. The number of hydrogen-bond donors (Lipinski definition) is 2. The number of nitrogens with one attached hydrogen (secondary N) is 2. The fourth-order valence-corrected chi connectivity index (χ4v) is 5.47. The molecule has 0 bridgehead atoms. The van der Waals surface area contributed by atoms with E-state index in [-0.39, 0.29) is 17.7 Å². The van der Waals surface area contributed by atoms with Crippen molar-refractivity contribution in [3.8, 4) is 11.3 Å². The topological polar surface area (TPSA) is 85.5 Å². The summed E-state index contributed by atoms with van der Waals surface area (Å²) < 4.78 is 15.5. The predicted octanol–water partition coefficient (Wildman–Crippen LogP) is 5.28. The molecule has 0 spiro atoms. The smallest absolute Gasteiger partial charge is 0.247 e. The van der Waals surface area contributed by atoms with Gasteiger partial charge in [-0.2, -0.15) is 0 Å². The summed E-state index contributed by atoms with van der Waals surface area (Å²) >= 11 is 0. The Morgan fingerprint density at radius 1 is 0.974 bits per heavy atom. The molecule has 3 heterocycles. The largest absolute Gasteiger partial charge is 0.352 e. The molecule has 0 unspecified atom stereocenters. The summed E-state index contributed by atoms with van der Waals surface area (Å²) in [5.41, 5.74) is 3.68. The van der Waals surface area contributed by atoms with Crippen LogP contribution in [0.15, 0.2) is 72.8 Å². The average molecular weight is 524 g/mol. The molecule has 0 saturated carbocycles. The van der Waals surface area contributed by atoms with Gasteiger partial charge in [-0.25, -0.2) is 4.39 Å². The first-order valence-electron chi connectivity index (χ1n) is 13.2. The van der Waals surface area contributed by atoms with E-state index in [2.05, 4.69) is 10.3 Å². The minimum absolute atomic E-state index is 0.105. The van der Waals surface area contributed by atoms with E-state index >= 15 is 4.39 Å². The van der Waals surface area contributed by atoms with Crippen LogP contribution >= 0.6 is 0 Å². The van der Waals surface area contributed by atoms with Gasteiger partial charge < -0.3 is 20.1 Å². The first-order chi connectivity index (χ1) is 19.0. The van der Waals surface area contributed by atoms with Gasteiger partial charge in [0.05, 0.1) is 12.1 Å². The van der Waals surface area contributed by atoms with E-state index < -0.39 is 11.9 Å². The highest BCUT2D eigenvalue weighted by molar-refractivity contribution is 6.01.